The lowest BCUT2D eigenvalue weighted by Crippen LogP contribution is -2.41. The average Bonchev–Trinajstić information content (AvgIpc) is 3.28. The molecular weight excluding hydrogens is 376 g/mol. The molecular formula is C21H24N2O6. The Morgan fingerprint density at radius 2 is 1.86 bits per heavy atom. The van der Waals surface area contributed by atoms with Crippen LogP contribution < -0.4 is 10.1 Å². The van der Waals surface area contributed by atoms with Crippen molar-refractivity contribution in [3.63, 3.8) is 0 Å². The fraction of sp³-hybridized carbons (Fsp3) is 0.381. The van der Waals surface area contributed by atoms with Gasteiger partial charge in [-0.25, -0.2) is 4.79 Å². The number of benzene rings is 1. The monoisotopic (exact) mass is 400 g/mol. The number of ether oxygens (including phenoxy) is 2. The van der Waals surface area contributed by atoms with Gasteiger partial charge in [0, 0.05) is 25.2 Å². The van der Waals surface area contributed by atoms with Gasteiger partial charge in [-0.05, 0) is 62.1 Å². The van der Waals surface area contributed by atoms with E-state index in [1.165, 1.54) is 6.26 Å². The summed E-state index contributed by atoms with van der Waals surface area (Å²) in [5.74, 6) is 0.654. The number of piperidine rings is 1. The normalized spacial score (nSPS) is 14.3. The zero-order valence-electron chi connectivity index (χ0n) is 16.3. The number of rotatable bonds is 6. The first kappa shape index (κ1) is 20.4. The van der Waals surface area contributed by atoms with E-state index >= 15 is 0 Å². The lowest BCUT2D eigenvalue weighted by Gasteiger charge is -2.32. The number of carbonyl (C=O) groups excluding carboxylic acids is 3. The second-order valence-electron chi connectivity index (χ2n) is 6.73. The fourth-order valence-corrected chi connectivity index (χ4v) is 3.16. The quantitative estimate of drug-likeness (QED) is 0.591. The van der Waals surface area contributed by atoms with Crippen LogP contribution in [-0.4, -0.2) is 49.1 Å². The molecule has 0 unspecified atom stereocenters. The van der Waals surface area contributed by atoms with Gasteiger partial charge in [-0.1, -0.05) is 0 Å². The van der Waals surface area contributed by atoms with E-state index in [4.69, 9.17) is 13.9 Å². The van der Waals surface area contributed by atoms with Crippen molar-refractivity contribution < 1.29 is 28.3 Å². The van der Waals surface area contributed by atoms with Crippen LogP contribution in [0.2, 0.25) is 0 Å². The zero-order chi connectivity index (χ0) is 20.6. The highest BCUT2D eigenvalue weighted by atomic mass is 16.7. The Morgan fingerprint density at radius 1 is 1.14 bits per heavy atom. The minimum absolute atomic E-state index is 0.0641. The summed E-state index contributed by atoms with van der Waals surface area (Å²) in [6.07, 6.45) is 2.32. The molecule has 8 heteroatoms. The third-order valence-electron chi connectivity index (χ3n) is 4.76. The summed E-state index contributed by atoms with van der Waals surface area (Å²) in [5.41, 5.74) is 0.533. The molecule has 2 heterocycles. The molecule has 0 bridgehead atoms. The van der Waals surface area contributed by atoms with Crippen molar-refractivity contribution >= 4 is 18.0 Å². The summed E-state index contributed by atoms with van der Waals surface area (Å²) in [6.45, 7) is 3.74. The summed E-state index contributed by atoms with van der Waals surface area (Å²) in [6, 6.07) is 9.70. The Labute approximate surface area is 168 Å². The van der Waals surface area contributed by atoms with Gasteiger partial charge in [0.2, 0.25) is 0 Å². The molecule has 3 rings (SSSR count). The molecule has 1 saturated heterocycles. The molecule has 0 spiro atoms. The summed E-state index contributed by atoms with van der Waals surface area (Å²) in [4.78, 5) is 37.7. The first-order valence-electron chi connectivity index (χ1n) is 9.62. The molecule has 154 valence electrons. The van der Waals surface area contributed by atoms with Crippen LogP contribution in [0.1, 0.15) is 40.7 Å². The number of nitrogens with zero attached hydrogens (tertiary/aromatic N) is 1. The molecule has 1 fully saturated rings. The van der Waals surface area contributed by atoms with Crippen LogP contribution in [0.25, 0.3) is 0 Å². The molecule has 1 N–H and O–H groups in total. The summed E-state index contributed by atoms with van der Waals surface area (Å²) in [5, 5.41) is 2.87. The summed E-state index contributed by atoms with van der Waals surface area (Å²) in [7, 11) is 0. The number of hydrogen-bond donors (Lipinski definition) is 1. The highest BCUT2D eigenvalue weighted by Crippen LogP contribution is 2.20. The van der Waals surface area contributed by atoms with Crippen molar-refractivity contribution in [3.8, 4) is 5.75 Å². The van der Waals surface area contributed by atoms with Crippen molar-refractivity contribution in [1.82, 2.24) is 10.2 Å². The minimum Gasteiger partial charge on any atom is -0.459 e. The van der Waals surface area contributed by atoms with E-state index in [9.17, 15) is 14.4 Å². The van der Waals surface area contributed by atoms with Crippen LogP contribution in [0.3, 0.4) is 0 Å². The highest BCUT2D eigenvalue weighted by Gasteiger charge is 2.24. The van der Waals surface area contributed by atoms with Crippen molar-refractivity contribution in [1.29, 1.82) is 0 Å². The third-order valence-corrected chi connectivity index (χ3v) is 4.76. The van der Waals surface area contributed by atoms with E-state index in [2.05, 4.69) is 5.32 Å². The number of nitrogens with one attached hydrogen (secondary N) is 1. The second kappa shape index (κ2) is 9.77. The van der Waals surface area contributed by atoms with Crippen LogP contribution in [0.4, 0.5) is 4.79 Å². The molecule has 8 nitrogen and oxygen atoms in total. The molecule has 1 aliphatic heterocycles. The summed E-state index contributed by atoms with van der Waals surface area (Å²) >= 11 is 0. The Bertz CT molecular complexity index is 823. The topological polar surface area (TPSA) is 98.1 Å². The number of furan rings is 1. The van der Waals surface area contributed by atoms with E-state index in [0.717, 1.165) is 12.8 Å². The Balaban J connectivity index is 1.44. The van der Waals surface area contributed by atoms with E-state index in [1.807, 2.05) is 0 Å². The summed E-state index contributed by atoms with van der Waals surface area (Å²) < 4.78 is 14.8. The van der Waals surface area contributed by atoms with Gasteiger partial charge < -0.3 is 24.1 Å². The fourth-order valence-electron chi connectivity index (χ4n) is 3.16. The van der Waals surface area contributed by atoms with Crippen LogP contribution in [0, 0.1) is 5.92 Å². The molecule has 1 aromatic carbocycles. The van der Waals surface area contributed by atoms with Crippen molar-refractivity contribution in [3.05, 3.63) is 54.0 Å². The van der Waals surface area contributed by atoms with Gasteiger partial charge in [-0.15, -0.1) is 0 Å². The largest absolute Gasteiger partial charge is 0.513 e. The van der Waals surface area contributed by atoms with Gasteiger partial charge in [0.1, 0.15) is 5.75 Å². The number of carbonyl (C=O) groups is 3. The van der Waals surface area contributed by atoms with Crippen molar-refractivity contribution in [2.24, 2.45) is 5.92 Å². The molecule has 1 aliphatic rings. The number of likely N-dealkylation sites (tertiary alicyclic amines) is 1. The first-order chi connectivity index (χ1) is 14.1. The van der Waals surface area contributed by atoms with Crippen LogP contribution in [0.15, 0.2) is 47.1 Å². The van der Waals surface area contributed by atoms with E-state index in [0.29, 0.717) is 42.6 Å². The lowest BCUT2D eigenvalue weighted by atomic mass is 9.96. The Morgan fingerprint density at radius 3 is 2.48 bits per heavy atom. The third kappa shape index (κ3) is 5.60. The predicted octanol–water partition coefficient (Wildman–Crippen LogP) is 3.10. The van der Waals surface area contributed by atoms with Gasteiger partial charge in [0.25, 0.3) is 11.8 Å². The van der Waals surface area contributed by atoms with Gasteiger partial charge in [-0.3, -0.25) is 9.59 Å². The van der Waals surface area contributed by atoms with E-state index in [-0.39, 0.29) is 18.4 Å². The maximum atomic E-state index is 12.7. The molecule has 0 aliphatic carbocycles. The maximum Gasteiger partial charge on any atom is 0.513 e. The van der Waals surface area contributed by atoms with Gasteiger partial charge >= 0.3 is 6.16 Å². The van der Waals surface area contributed by atoms with E-state index in [1.54, 1.807) is 48.2 Å². The van der Waals surface area contributed by atoms with Crippen LogP contribution in [0.5, 0.6) is 5.75 Å². The Kier molecular flexibility index (Phi) is 6.89. The molecule has 0 atom stereocenters. The van der Waals surface area contributed by atoms with Gasteiger partial charge in [0.05, 0.1) is 12.9 Å². The second-order valence-corrected chi connectivity index (χ2v) is 6.73. The van der Waals surface area contributed by atoms with Crippen molar-refractivity contribution in [2.45, 2.75) is 19.8 Å². The molecule has 2 amide bonds. The predicted molar refractivity (Wildman–Crippen MR) is 104 cm³/mol. The average molecular weight is 400 g/mol. The SMILES string of the molecule is CCOC(=O)Oc1ccc(C(=O)N2CCC(CNC(=O)c3ccco3)CC2)cc1. The minimum atomic E-state index is -0.771. The zero-order valence-corrected chi connectivity index (χ0v) is 16.3. The number of amides is 2. The van der Waals surface area contributed by atoms with E-state index < -0.39 is 6.16 Å². The smallest absolute Gasteiger partial charge is 0.459 e. The number of hydrogen-bond acceptors (Lipinski definition) is 6. The molecule has 0 saturated carbocycles. The Hall–Kier alpha value is -3.29. The highest BCUT2D eigenvalue weighted by molar-refractivity contribution is 5.94. The van der Waals surface area contributed by atoms with Crippen LogP contribution >= 0.6 is 0 Å². The molecule has 0 radical (unpaired) electrons. The molecule has 29 heavy (non-hydrogen) atoms. The maximum absolute atomic E-state index is 12.7. The standard InChI is InChI=1S/C21H24N2O6/c1-2-27-21(26)29-17-7-5-16(6-8-17)20(25)23-11-9-15(10-12-23)14-22-19(24)18-4-3-13-28-18/h3-8,13,15H,2,9-12,14H2,1H3,(H,22,24). The molecule has 1 aromatic heterocycles. The van der Waals surface area contributed by atoms with Gasteiger partial charge in [0.15, 0.2) is 5.76 Å². The van der Waals surface area contributed by atoms with Gasteiger partial charge in [-0.2, -0.15) is 0 Å². The van der Waals surface area contributed by atoms with Crippen molar-refractivity contribution in [2.75, 3.05) is 26.2 Å². The molecule has 2 aromatic rings. The lowest BCUT2D eigenvalue weighted by molar-refractivity contribution is 0.0683. The first-order valence-corrected chi connectivity index (χ1v) is 9.62. The van der Waals surface area contributed by atoms with Crippen LogP contribution in [-0.2, 0) is 4.74 Å².